The van der Waals surface area contributed by atoms with Crippen LogP contribution in [0.2, 0.25) is 0 Å². The number of rotatable bonds is 36. The molecule has 2 rings (SSSR count). The average molecular weight is 947 g/mol. The van der Waals surface area contributed by atoms with Crippen LogP contribution in [0.15, 0.2) is 109 Å². The summed E-state index contributed by atoms with van der Waals surface area (Å²) in [6.45, 7) is 3.02. The molecule has 0 spiro atoms. The predicted octanol–water partition coefficient (Wildman–Crippen LogP) is 8.60. The zero-order valence-electron chi connectivity index (χ0n) is 39.1. The third-order valence-corrected chi connectivity index (χ3v) is 11.5. The molecule has 2 aliphatic rings. The number of carbonyl (C=O) groups excluding carboxylic acids is 2. The highest BCUT2D eigenvalue weighted by Crippen LogP contribution is 2.47. The molecule has 1 aliphatic carbocycles. The van der Waals surface area contributed by atoms with Gasteiger partial charge in [0, 0.05) is 12.8 Å². The number of epoxide rings is 1. The number of hydrogen-bond acceptors (Lipinski definition) is 13. The lowest BCUT2D eigenvalue weighted by Gasteiger charge is -2.41. The molecule has 1 heterocycles. The van der Waals surface area contributed by atoms with Crippen LogP contribution in [0.3, 0.4) is 0 Å². The van der Waals surface area contributed by atoms with E-state index < -0.39 is 75.7 Å². The van der Waals surface area contributed by atoms with Gasteiger partial charge in [-0.15, -0.1) is 0 Å². The van der Waals surface area contributed by atoms with Gasteiger partial charge in [0.05, 0.1) is 18.8 Å². The number of phosphoric acid groups is 1. The Hall–Kier alpha value is -3.53. The molecule has 6 N–H and O–H groups in total. The molecule has 372 valence electrons. The fourth-order valence-corrected chi connectivity index (χ4v) is 7.55. The van der Waals surface area contributed by atoms with Crippen LogP contribution in [0.25, 0.3) is 0 Å². The van der Waals surface area contributed by atoms with E-state index in [0.717, 1.165) is 57.8 Å². The maximum absolute atomic E-state index is 12.8. The first-order valence-corrected chi connectivity index (χ1v) is 25.3. The van der Waals surface area contributed by atoms with Gasteiger partial charge in [0.15, 0.2) is 6.10 Å². The van der Waals surface area contributed by atoms with Gasteiger partial charge in [0.25, 0.3) is 0 Å². The highest BCUT2D eigenvalue weighted by molar-refractivity contribution is 7.47. The highest BCUT2D eigenvalue weighted by atomic mass is 31.2. The van der Waals surface area contributed by atoms with E-state index in [0.29, 0.717) is 37.9 Å². The molecule has 5 unspecified atom stereocenters. The van der Waals surface area contributed by atoms with Gasteiger partial charge >= 0.3 is 19.8 Å². The summed E-state index contributed by atoms with van der Waals surface area (Å²) >= 11 is 0. The van der Waals surface area contributed by atoms with E-state index in [4.69, 9.17) is 23.3 Å². The van der Waals surface area contributed by atoms with Crippen molar-refractivity contribution in [1.82, 2.24) is 0 Å². The maximum Gasteiger partial charge on any atom is 0.472 e. The summed E-state index contributed by atoms with van der Waals surface area (Å²) in [7, 11) is -5.16. The number of phosphoric ester groups is 1. The normalized spacial score (nSPS) is 25.3. The van der Waals surface area contributed by atoms with Crippen LogP contribution < -0.4 is 0 Å². The molecule has 1 aliphatic heterocycles. The van der Waals surface area contributed by atoms with Gasteiger partial charge in [-0.25, -0.2) is 4.57 Å². The van der Waals surface area contributed by atoms with E-state index in [9.17, 15) is 44.6 Å². The van der Waals surface area contributed by atoms with E-state index in [1.54, 1.807) is 0 Å². The summed E-state index contributed by atoms with van der Waals surface area (Å²) in [5.41, 5.74) is 0. The van der Waals surface area contributed by atoms with E-state index in [1.165, 1.54) is 19.3 Å². The largest absolute Gasteiger partial charge is 0.472 e. The van der Waals surface area contributed by atoms with Gasteiger partial charge in [-0.1, -0.05) is 136 Å². The molecular formula is C51H79O14P. The zero-order chi connectivity index (χ0) is 48.3. The van der Waals surface area contributed by atoms with E-state index in [2.05, 4.69) is 92.8 Å². The Morgan fingerprint density at radius 3 is 1.52 bits per heavy atom. The second kappa shape index (κ2) is 36.5. The molecule has 0 aromatic carbocycles. The van der Waals surface area contributed by atoms with Crippen LogP contribution >= 0.6 is 7.82 Å². The zero-order valence-corrected chi connectivity index (χ0v) is 40.0. The molecule has 2 fully saturated rings. The SMILES string of the molecule is CC/C=C\CC1OC1C/C=C\C/C=C\C/C=C\C/C=C\CCC(=O)OC[C@H](COP(=O)(O)OC1[C@H](O)[C@H](O)C(O)[C@H](O)[C@H]1O)OC(=O)CCC/C=C\C/C=C\C/C=C\C/C=C\CCCCC. The van der Waals surface area contributed by atoms with E-state index in [-0.39, 0.29) is 12.8 Å². The van der Waals surface area contributed by atoms with Gasteiger partial charge < -0.3 is 44.6 Å². The summed E-state index contributed by atoms with van der Waals surface area (Å²) < 4.78 is 39.1. The van der Waals surface area contributed by atoms with Gasteiger partial charge in [-0.05, 0) is 89.9 Å². The van der Waals surface area contributed by atoms with Crippen LogP contribution in [-0.4, -0.2) is 111 Å². The quantitative estimate of drug-likeness (QED) is 0.0114. The van der Waals surface area contributed by atoms with Crippen LogP contribution in [0.5, 0.6) is 0 Å². The minimum Gasteiger partial charge on any atom is -0.462 e. The van der Waals surface area contributed by atoms with Crippen molar-refractivity contribution in [2.75, 3.05) is 13.2 Å². The van der Waals surface area contributed by atoms with Gasteiger partial charge in [0.2, 0.25) is 0 Å². The minimum absolute atomic E-state index is 0.00412. The lowest BCUT2D eigenvalue weighted by molar-refractivity contribution is -0.220. The Labute approximate surface area is 393 Å². The molecule has 15 heteroatoms. The summed E-state index contributed by atoms with van der Waals surface area (Å²) in [5, 5.41) is 50.2. The second-order valence-corrected chi connectivity index (χ2v) is 17.7. The molecule has 0 amide bonds. The fourth-order valence-electron chi connectivity index (χ4n) is 6.58. The number of aliphatic hydroxyl groups excluding tert-OH is 5. The van der Waals surface area contributed by atoms with E-state index >= 15 is 0 Å². The summed E-state index contributed by atoms with van der Waals surface area (Å²) in [6, 6.07) is 0. The highest BCUT2D eigenvalue weighted by Gasteiger charge is 2.51. The average Bonchev–Trinajstić information content (AvgIpc) is 4.06. The maximum atomic E-state index is 12.8. The van der Waals surface area contributed by atoms with Crippen LogP contribution in [-0.2, 0) is 37.4 Å². The first-order valence-electron chi connectivity index (χ1n) is 23.8. The molecule has 14 nitrogen and oxygen atoms in total. The predicted molar refractivity (Wildman–Crippen MR) is 257 cm³/mol. The van der Waals surface area contributed by atoms with Crippen molar-refractivity contribution in [3.8, 4) is 0 Å². The monoisotopic (exact) mass is 947 g/mol. The number of esters is 2. The van der Waals surface area contributed by atoms with Crippen LogP contribution in [0.1, 0.15) is 129 Å². The van der Waals surface area contributed by atoms with Crippen molar-refractivity contribution in [3.05, 3.63) is 109 Å². The molecule has 0 aromatic rings. The number of allylic oxidation sites excluding steroid dienone is 16. The number of hydrogen-bond donors (Lipinski definition) is 6. The molecule has 1 saturated heterocycles. The minimum atomic E-state index is -5.16. The third-order valence-electron chi connectivity index (χ3n) is 10.5. The Bertz CT molecular complexity index is 1630. The van der Waals surface area contributed by atoms with Gasteiger partial charge in [-0.3, -0.25) is 18.6 Å². The van der Waals surface area contributed by atoms with Crippen molar-refractivity contribution >= 4 is 19.8 Å². The first kappa shape index (κ1) is 58.6. The fraction of sp³-hybridized carbons (Fsp3) is 0.608. The lowest BCUT2D eigenvalue weighted by atomic mass is 9.85. The third kappa shape index (κ3) is 28.0. The topological polar surface area (TPSA) is 222 Å². The van der Waals surface area contributed by atoms with Gasteiger partial charge in [0.1, 0.15) is 43.2 Å². The number of unbranched alkanes of at least 4 members (excludes halogenated alkanes) is 4. The summed E-state index contributed by atoms with van der Waals surface area (Å²) in [5.74, 6) is -1.28. The van der Waals surface area contributed by atoms with E-state index in [1.807, 2.05) is 30.4 Å². The smallest absolute Gasteiger partial charge is 0.462 e. The van der Waals surface area contributed by atoms with Crippen LogP contribution in [0, 0.1) is 0 Å². The van der Waals surface area contributed by atoms with Crippen molar-refractivity contribution in [3.63, 3.8) is 0 Å². The van der Waals surface area contributed by atoms with Gasteiger partial charge in [-0.2, -0.15) is 0 Å². The Balaban J connectivity index is 1.75. The molecule has 0 bridgehead atoms. The lowest BCUT2D eigenvalue weighted by Crippen LogP contribution is -2.64. The molecule has 0 aromatic heterocycles. The number of ether oxygens (including phenoxy) is 3. The Morgan fingerprint density at radius 2 is 1.00 bits per heavy atom. The molecule has 0 radical (unpaired) electrons. The van der Waals surface area contributed by atoms with Crippen molar-refractivity contribution < 1.29 is 67.8 Å². The number of aliphatic hydroxyl groups is 5. The molecule has 10 atom stereocenters. The molecular weight excluding hydrogens is 868 g/mol. The molecule has 1 saturated carbocycles. The van der Waals surface area contributed by atoms with Crippen molar-refractivity contribution in [2.24, 2.45) is 0 Å². The van der Waals surface area contributed by atoms with Crippen LogP contribution in [0.4, 0.5) is 0 Å². The Kier molecular flexibility index (Phi) is 32.4. The standard InChI is InChI=1S/C51H79O14P/c1-3-5-7-8-9-10-11-12-13-14-15-16-21-24-27-30-34-38-45(53)63-41(40-62-66(59,60)65-51-49(57)47(55)46(54)48(56)50(51)58)39-61-44(52)37-33-29-26-23-20-18-17-19-22-25-28-32-36-43-42(64-43)35-31-6-4-2/h6,9-10,12-13,15-16,18-20,22,24,26-29,31-32,41-43,46-51,54-58H,3-5,7-8,11,14,17,21,23,25,30,33-40H2,1-2H3,(H,59,60)/b10-9-,13-12-,16-15-,20-18-,22-19-,27-24-,29-26-,31-6-,32-28-/t41-,42?,43?,46?,47-,48+,49-,50-,51?/m1/s1. The Morgan fingerprint density at radius 1 is 0.545 bits per heavy atom. The summed E-state index contributed by atoms with van der Waals surface area (Å²) in [6.07, 6.45) is 39.1. The first-order chi connectivity index (χ1) is 31.9. The van der Waals surface area contributed by atoms with Crippen molar-refractivity contribution in [2.45, 2.75) is 184 Å². The molecule has 66 heavy (non-hydrogen) atoms. The summed E-state index contributed by atoms with van der Waals surface area (Å²) in [4.78, 5) is 35.7. The van der Waals surface area contributed by atoms with Crippen molar-refractivity contribution in [1.29, 1.82) is 0 Å². The number of carbonyl (C=O) groups is 2. The second-order valence-electron chi connectivity index (χ2n) is 16.3.